The van der Waals surface area contributed by atoms with Crippen molar-refractivity contribution >= 4 is 83.7 Å². The molecule has 2 aliphatic rings. The minimum atomic E-state index is -3.70. The standard InChI is InChI=1S/C28H34BrCl2FN8O3S/c1-38-8-10-39(11-9-38)17-4-6-40(7-5-17)25-15-26(43-2)24(13-20(25)31)35-28-33-16-18(29)27(36-28)34-22-12-19(30)21(32)14-23(22)37-44(3,41)42/h12-17,37H,4-11H2,1-3H3,(H2,33,34,35,36). The van der Waals surface area contributed by atoms with E-state index in [0.717, 1.165) is 70.1 Å². The first kappa shape index (κ1) is 32.8. The van der Waals surface area contributed by atoms with Gasteiger partial charge in [0, 0.05) is 63.6 Å². The lowest BCUT2D eigenvalue weighted by atomic mass is 10.0. The molecule has 0 atom stereocenters. The minimum absolute atomic E-state index is 0.0361. The van der Waals surface area contributed by atoms with Crippen molar-refractivity contribution in [2.75, 3.05) is 79.9 Å². The van der Waals surface area contributed by atoms with Crippen LogP contribution in [0.3, 0.4) is 0 Å². The largest absolute Gasteiger partial charge is 0.494 e. The molecule has 0 amide bonds. The molecule has 0 saturated carbocycles. The molecule has 238 valence electrons. The number of piperazine rings is 1. The smallest absolute Gasteiger partial charge is 0.229 e. The normalized spacial score (nSPS) is 17.0. The molecule has 5 rings (SSSR count). The first-order valence-corrected chi connectivity index (χ1v) is 17.4. The van der Waals surface area contributed by atoms with Gasteiger partial charge in [0.2, 0.25) is 16.0 Å². The number of halogens is 4. The second kappa shape index (κ2) is 13.8. The third-order valence-corrected chi connectivity index (χ3v) is 9.49. The summed E-state index contributed by atoms with van der Waals surface area (Å²) in [5.74, 6) is 0.263. The van der Waals surface area contributed by atoms with Crippen LogP contribution in [-0.4, -0.2) is 93.9 Å². The molecule has 2 fully saturated rings. The van der Waals surface area contributed by atoms with Crippen LogP contribution >= 0.6 is 39.1 Å². The summed E-state index contributed by atoms with van der Waals surface area (Å²) in [6, 6.07) is 6.55. The number of rotatable bonds is 9. The number of nitrogens with one attached hydrogen (secondary N) is 3. The van der Waals surface area contributed by atoms with E-state index in [9.17, 15) is 12.8 Å². The molecule has 3 aromatic rings. The highest BCUT2D eigenvalue weighted by molar-refractivity contribution is 9.10. The topological polar surface area (TPSA) is 115 Å². The van der Waals surface area contributed by atoms with E-state index in [0.29, 0.717) is 27.0 Å². The molecule has 0 unspecified atom stereocenters. The van der Waals surface area contributed by atoms with E-state index in [2.05, 4.69) is 63.0 Å². The molecule has 44 heavy (non-hydrogen) atoms. The van der Waals surface area contributed by atoms with Crippen molar-refractivity contribution in [3.63, 3.8) is 0 Å². The highest BCUT2D eigenvalue weighted by atomic mass is 79.9. The molecular weight excluding hydrogens is 698 g/mol. The zero-order valence-corrected chi connectivity index (χ0v) is 28.4. The number of hydrogen-bond donors (Lipinski definition) is 3. The number of piperidine rings is 1. The molecule has 2 saturated heterocycles. The fourth-order valence-electron chi connectivity index (χ4n) is 5.41. The zero-order chi connectivity index (χ0) is 31.6. The summed E-state index contributed by atoms with van der Waals surface area (Å²) in [7, 11) is 0.0553. The van der Waals surface area contributed by atoms with Gasteiger partial charge >= 0.3 is 0 Å². The van der Waals surface area contributed by atoms with Crippen LogP contribution in [0.4, 0.5) is 38.9 Å². The molecule has 2 aromatic carbocycles. The van der Waals surface area contributed by atoms with E-state index in [1.165, 1.54) is 12.3 Å². The number of ether oxygens (including phenoxy) is 1. The third-order valence-electron chi connectivity index (χ3n) is 7.73. The van der Waals surface area contributed by atoms with Crippen molar-refractivity contribution in [2.24, 2.45) is 0 Å². The van der Waals surface area contributed by atoms with E-state index < -0.39 is 15.8 Å². The summed E-state index contributed by atoms with van der Waals surface area (Å²) < 4.78 is 46.3. The molecule has 2 aliphatic heterocycles. The van der Waals surface area contributed by atoms with Crippen LogP contribution in [0.15, 0.2) is 34.9 Å². The molecule has 0 radical (unpaired) electrons. The van der Waals surface area contributed by atoms with Gasteiger partial charge in [0.05, 0.1) is 50.6 Å². The van der Waals surface area contributed by atoms with Crippen LogP contribution < -0.4 is 25.0 Å². The first-order chi connectivity index (χ1) is 20.9. The molecule has 0 bridgehead atoms. The predicted molar refractivity (Wildman–Crippen MR) is 178 cm³/mol. The molecule has 0 aliphatic carbocycles. The van der Waals surface area contributed by atoms with Crippen molar-refractivity contribution in [1.82, 2.24) is 19.8 Å². The molecule has 16 heteroatoms. The van der Waals surface area contributed by atoms with Gasteiger partial charge < -0.3 is 25.2 Å². The quantitative estimate of drug-likeness (QED) is 0.251. The Bertz CT molecular complexity index is 1620. The summed E-state index contributed by atoms with van der Waals surface area (Å²) in [4.78, 5) is 16.1. The number of benzene rings is 2. The van der Waals surface area contributed by atoms with Gasteiger partial charge in [-0.2, -0.15) is 4.98 Å². The van der Waals surface area contributed by atoms with Gasteiger partial charge in [-0.25, -0.2) is 17.8 Å². The number of likely N-dealkylation sites (N-methyl/N-ethyl adjacent to an activating group) is 1. The number of anilines is 6. The van der Waals surface area contributed by atoms with E-state index in [1.54, 1.807) is 13.2 Å². The van der Waals surface area contributed by atoms with Crippen molar-refractivity contribution in [2.45, 2.75) is 18.9 Å². The molecule has 3 heterocycles. The Balaban J connectivity index is 1.32. The average molecular weight is 733 g/mol. The van der Waals surface area contributed by atoms with Crippen molar-refractivity contribution in [1.29, 1.82) is 0 Å². The van der Waals surface area contributed by atoms with Crippen LogP contribution in [0.2, 0.25) is 10.0 Å². The summed E-state index contributed by atoms with van der Waals surface area (Å²) >= 11 is 16.2. The number of sulfonamides is 1. The van der Waals surface area contributed by atoms with Gasteiger partial charge in [-0.05, 0) is 48.0 Å². The highest BCUT2D eigenvalue weighted by Gasteiger charge is 2.28. The van der Waals surface area contributed by atoms with Crippen molar-refractivity contribution < 1.29 is 17.5 Å². The summed E-state index contributed by atoms with van der Waals surface area (Å²) in [5.41, 5.74) is 1.62. The van der Waals surface area contributed by atoms with E-state index in [1.807, 2.05) is 6.07 Å². The predicted octanol–water partition coefficient (Wildman–Crippen LogP) is 5.77. The molecular formula is C28H34BrCl2FN8O3S. The number of nitrogens with zero attached hydrogens (tertiary/aromatic N) is 5. The maximum atomic E-state index is 14.1. The third kappa shape index (κ3) is 7.96. The van der Waals surface area contributed by atoms with Crippen LogP contribution in [0.1, 0.15) is 12.8 Å². The molecule has 11 nitrogen and oxygen atoms in total. The van der Waals surface area contributed by atoms with Gasteiger partial charge in [-0.15, -0.1) is 0 Å². The zero-order valence-electron chi connectivity index (χ0n) is 24.5. The van der Waals surface area contributed by atoms with Crippen LogP contribution in [0.25, 0.3) is 0 Å². The second-order valence-corrected chi connectivity index (χ2v) is 14.3. The minimum Gasteiger partial charge on any atom is -0.494 e. The SMILES string of the molecule is COc1cc(N2CCC(N3CCN(C)CC3)CC2)c(Cl)cc1Nc1ncc(Br)c(Nc2cc(Cl)c(F)cc2NS(C)(=O)=O)n1. The number of hydrogen-bond acceptors (Lipinski definition) is 10. The van der Waals surface area contributed by atoms with Gasteiger partial charge in [-0.3, -0.25) is 9.62 Å². The number of aromatic nitrogens is 2. The highest BCUT2D eigenvalue weighted by Crippen LogP contribution is 2.39. The van der Waals surface area contributed by atoms with E-state index in [-0.39, 0.29) is 28.2 Å². The maximum absolute atomic E-state index is 14.1. The van der Waals surface area contributed by atoms with Crippen LogP contribution in [0, 0.1) is 5.82 Å². The summed E-state index contributed by atoms with van der Waals surface area (Å²) in [6.07, 6.45) is 4.63. The van der Waals surface area contributed by atoms with Gasteiger partial charge in [-0.1, -0.05) is 23.2 Å². The average Bonchev–Trinajstić information content (AvgIpc) is 2.97. The van der Waals surface area contributed by atoms with Gasteiger partial charge in [0.25, 0.3) is 0 Å². The Morgan fingerprint density at radius 3 is 2.32 bits per heavy atom. The first-order valence-electron chi connectivity index (χ1n) is 14.0. The summed E-state index contributed by atoms with van der Waals surface area (Å²) in [5, 5.41) is 6.52. The van der Waals surface area contributed by atoms with Crippen LogP contribution in [0.5, 0.6) is 5.75 Å². The molecule has 1 aromatic heterocycles. The van der Waals surface area contributed by atoms with Crippen LogP contribution in [-0.2, 0) is 10.0 Å². The van der Waals surface area contributed by atoms with Crippen molar-refractivity contribution in [3.05, 3.63) is 50.8 Å². The summed E-state index contributed by atoms with van der Waals surface area (Å²) in [6.45, 7) is 6.25. The second-order valence-electron chi connectivity index (χ2n) is 10.9. The Morgan fingerprint density at radius 2 is 1.66 bits per heavy atom. The molecule has 3 N–H and O–H groups in total. The van der Waals surface area contributed by atoms with E-state index >= 15 is 0 Å². The fraction of sp³-hybridized carbons (Fsp3) is 0.429. The fourth-order valence-corrected chi connectivity index (χ4v) is 6.71. The molecule has 0 spiro atoms. The Kier molecular flexibility index (Phi) is 10.3. The lowest BCUT2D eigenvalue weighted by Crippen LogP contribution is -2.52. The Morgan fingerprint density at radius 1 is 0.977 bits per heavy atom. The monoisotopic (exact) mass is 730 g/mol. The van der Waals surface area contributed by atoms with Gasteiger partial charge in [0.15, 0.2) is 0 Å². The van der Waals surface area contributed by atoms with E-state index in [4.69, 9.17) is 27.9 Å². The van der Waals surface area contributed by atoms with Crippen molar-refractivity contribution in [3.8, 4) is 5.75 Å². The Labute approximate surface area is 275 Å². The lowest BCUT2D eigenvalue weighted by molar-refractivity contribution is 0.0982. The van der Waals surface area contributed by atoms with Gasteiger partial charge in [0.1, 0.15) is 17.4 Å². The lowest BCUT2D eigenvalue weighted by Gasteiger charge is -2.42. The Hall–Kier alpha value is -2.62. The number of methoxy groups -OCH3 is 1. The maximum Gasteiger partial charge on any atom is 0.229 e.